The zero-order chi connectivity index (χ0) is 24.4. The molecule has 1 amide bonds. The first-order chi connectivity index (χ1) is 15.1. The number of ether oxygens (including phenoxy) is 1. The number of nitrogens with one attached hydrogen (secondary N) is 1. The van der Waals surface area contributed by atoms with Gasteiger partial charge < -0.3 is 15.0 Å². The summed E-state index contributed by atoms with van der Waals surface area (Å²) in [7, 11) is 3.62. The number of carbonyl (C=O) groups excluding carboxylic acids is 1. The largest absolute Gasteiger partial charge is 0.365 e. The number of benzene rings is 1. The van der Waals surface area contributed by atoms with Gasteiger partial charge in [-0.25, -0.2) is 13.5 Å². The second kappa shape index (κ2) is 13.2. The van der Waals surface area contributed by atoms with Crippen LogP contribution in [0.15, 0.2) is 24.4 Å². The summed E-state index contributed by atoms with van der Waals surface area (Å²) in [6.45, 7) is 5.17. The Morgan fingerprint density at radius 2 is 1.94 bits per heavy atom. The van der Waals surface area contributed by atoms with Crippen molar-refractivity contribution in [3.63, 3.8) is 0 Å². The van der Waals surface area contributed by atoms with Gasteiger partial charge in [0, 0.05) is 12.1 Å². The number of halogens is 4. The second-order valence-corrected chi connectivity index (χ2v) is 7.34. The molecule has 0 saturated carbocycles. The molecule has 0 radical (unpaired) electrons. The number of alkyl halides is 2. The number of aromatic nitrogens is 2. The lowest BCUT2D eigenvalue weighted by atomic mass is 10.2. The minimum Gasteiger partial charge on any atom is -0.365 e. The maximum atomic E-state index is 13.0. The van der Waals surface area contributed by atoms with Crippen LogP contribution >= 0.6 is 0 Å². The van der Waals surface area contributed by atoms with Gasteiger partial charge in [0.2, 0.25) is 0 Å². The summed E-state index contributed by atoms with van der Waals surface area (Å²) in [6, 6.07) is 4.21. The van der Waals surface area contributed by atoms with E-state index < -0.39 is 24.3 Å². The summed E-state index contributed by atoms with van der Waals surface area (Å²) in [4.78, 5) is 13.6. The van der Waals surface area contributed by atoms with Crippen molar-refractivity contribution < 1.29 is 27.1 Å². The molecule has 1 fully saturated rings. The molecule has 2 heterocycles. The summed E-state index contributed by atoms with van der Waals surface area (Å²) in [5.41, 5.74) is 1.04. The molecule has 0 spiro atoms. The number of aryl methyl sites for hydroxylation is 1. The average Bonchev–Trinajstić information content (AvgIpc) is 3.33. The first-order valence-corrected chi connectivity index (χ1v) is 10.5. The molecule has 1 N–H and O–H groups in total. The van der Waals surface area contributed by atoms with Crippen LogP contribution in [-0.4, -0.2) is 46.9 Å². The Morgan fingerprint density at radius 1 is 1.28 bits per heavy atom. The predicted molar refractivity (Wildman–Crippen MR) is 116 cm³/mol. The van der Waals surface area contributed by atoms with Crippen molar-refractivity contribution in [2.45, 2.75) is 65.8 Å². The molecular weight excluding hydrogens is 428 g/mol. The molecular formula is C22H32F4N4O2. The molecule has 1 aromatic heterocycles. The molecule has 1 saturated heterocycles. The van der Waals surface area contributed by atoms with E-state index in [0.29, 0.717) is 34.6 Å². The highest BCUT2D eigenvalue weighted by atomic mass is 19.3. The molecule has 180 valence electrons. The number of nitrogens with zero attached hydrogens (tertiary/aromatic N) is 3. The van der Waals surface area contributed by atoms with Crippen LogP contribution in [0.2, 0.25) is 0 Å². The van der Waals surface area contributed by atoms with Gasteiger partial charge in [-0.1, -0.05) is 26.0 Å². The van der Waals surface area contributed by atoms with Gasteiger partial charge in [-0.2, -0.15) is 13.9 Å². The van der Waals surface area contributed by atoms with Crippen LogP contribution in [0.1, 0.15) is 51.4 Å². The van der Waals surface area contributed by atoms with E-state index in [-0.39, 0.29) is 12.0 Å². The first kappa shape index (κ1) is 27.6. The van der Waals surface area contributed by atoms with Gasteiger partial charge in [0.1, 0.15) is 6.10 Å². The predicted octanol–water partition coefficient (Wildman–Crippen LogP) is 5.15. The maximum Gasteiger partial charge on any atom is 0.333 e. The van der Waals surface area contributed by atoms with Gasteiger partial charge in [0.15, 0.2) is 11.6 Å². The Bertz CT molecular complexity index is 858. The van der Waals surface area contributed by atoms with Gasteiger partial charge in [0.25, 0.3) is 5.91 Å². The third-order valence-electron chi connectivity index (χ3n) is 4.42. The van der Waals surface area contributed by atoms with E-state index in [0.717, 1.165) is 18.7 Å². The van der Waals surface area contributed by atoms with Crippen molar-refractivity contribution >= 4 is 11.6 Å². The molecule has 2 aromatic rings. The summed E-state index contributed by atoms with van der Waals surface area (Å²) < 4.78 is 56.3. The number of carbonyl (C=O) groups is 1. The minimum absolute atomic E-state index is 0.0608. The smallest absolute Gasteiger partial charge is 0.333 e. The van der Waals surface area contributed by atoms with Gasteiger partial charge in [-0.15, -0.1) is 0 Å². The highest BCUT2D eigenvalue weighted by molar-refractivity contribution is 5.94. The van der Waals surface area contributed by atoms with Crippen LogP contribution < -0.4 is 5.32 Å². The Balaban J connectivity index is 0.000000318. The van der Waals surface area contributed by atoms with Crippen LogP contribution in [0, 0.1) is 18.6 Å². The topological polar surface area (TPSA) is 59.4 Å². The Kier molecular flexibility index (Phi) is 11.3. The number of hydrogen-bond acceptors (Lipinski definition) is 4. The molecule has 2 atom stereocenters. The van der Waals surface area contributed by atoms with Gasteiger partial charge in [-0.05, 0) is 46.9 Å². The average molecular weight is 461 g/mol. The first-order valence-electron chi connectivity index (χ1n) is 10.5. The quantitative estimate of drug-likeness (QED) is 0.628. The molecule has 6 nitrogen and oxygen atoms in total. The van der Waals surface area contributed by atoms with Crippen molar-refractivity contribution in [2.24, 2.45) is 0 Å². The van der Waals surface area contributed by atoms with Crippen molar-refractivity contribution in [1.82, 2.24) is 14.7 Å². The fraction of sp³-hybridized carbons (Fsp3) is 0.545. The van der Waals surface area contributed by atoms with Crippen molar-refractivity contribution in [2.75, 3.05) is 19.4 Å². The molecule has 1 aliphatic heterocycles. The van der Waals surface area contributed by atoms with Crippen molar-refractivity contribution in [3.05, 3.63) is 47.3 Å². The van der Waals surface area contributed by atoms with Crippen LogP contribution in [0.5, 0.6) is 0 Å². The lowest BCUT2D eigenvalue weighted by Crippen LogP contribution is -2.27. The Hall–Kier alpha value is -2.46. The van der Waals surface area contributed by atoms with Gasteiger partial charge in [0.05, 0.1) is 23.7 Å². The molecule has 2 unspecified atom stereocenters. The van der Waals surface area contributed by atoms with Crippen LogP contribution in [0.4, 0.5) is 23.2 Å². The number of amides is 1. The fourth-order valence-electron chi connectivity index (χ4n) is 2.92. The van der Waals surface area contributed by atoms with Crippen LogP contribution in [0.3, 0.4) is 0 Å². The highest BCUT2D eigenvalue weighted by Crippen LogP contribution is 2.22. The van der Waals surface area contributed by atoms with E-state index >= 15 is 0 Å². The molecule has 10 heteroatoms. The van der Waals surface area contributed by atoms with Crippen molar-refractivity contribution in [3.8, 4) is 0 Å². The molecule has 3 rings (SSSR count). The van der Waals surface area contributed by atoms with Crippen molar-refractivity contribution in [1.29, 1.82) is 0 Å². The highest BCUT2D eigenvalue weighted by Gasteiger charge is 2.28. The molecule has 1 aliphatic rings. The molecule has 1 aromatic carbocycles. The molecule has 32 heavy (non-hydrogen) atoms. The zero-order valence-electron chi connectivity index (χ0n) is 19.3. The molecule has 0 aliphatic carbocycles. The van der Waals surface area contributed by atoms with E-state index in [1.54, 1.807) is 17.9 Å². The van der Waals surface area contributed by atoms with E-state index in [2.05, 4.69) is 10.4 Å². The summed E-state index contributed by atoms with van der Waals surface area (Å²) >= 11 is 0. The third-order valence-corrected chi connectivity index (χ3v) is 4.42. The van der Waals surface area contributed by atoms with E-state index in [9.17, 15) is 22.4 Å². The summed E-state index contributed by atoms with van der Waals surface area (Å²) in [5.74, 6) is -1.84. The number of rotatable bonds is 5. The minimum atomic E-state index is -2.71. The summed E-state index contributed by atoms with van der Waals surface area (Å²) in [5, 5.41) is 6.18. The lowest BCUT2D eigenvalue weighted by Gasteiger charge is -2.10. The van der Waals surface area contributed by atoms with Crippen LogP contribution in [-0.2, 0) is 16.1 Å². The van der Waals surface area contributed by atoms with Gasteiger partial charge in [-0.3, -0.25) is 4.79 Å². The maximum absolute atomic E-state index is 13.0. The van der Waals surface area contributed by atoms with E-state index in [1.807, 2.05) is 34.9 Å². The third kappa shape index (κ3) is 8.23. The van der Waals surface area contributed by atoms with E-state index in [4.69, 9.17) is 4.74 Å². The fourth-order valence-corrected chi connectivity index (χ4v) is 2.92. The normalized spacial score (nSPS) is 17.5. The van der Waals surface area contributed by atoms with Gasteiger partial charge >= 0.3 is 6.55 Å². The lowest BCUT2D eigenvalue weighted by molar-refractivity contribution is -0.126. The second-order valence-electron chi connectivity index (χ2n) is 7.34. The Labute approximate surface area is 186 Å². The number of anilines is 1. The molecule has 0 bridgehead atoms. The summed E-state index contributed by atoms with van der Waals surface area (Å²) in [6.07, 6.45) is 2.15. The standard InChI is InChI=1S/C11H15F2N3O2.C9H11F2N.C2H6/c1-6-3-4-9(18-6)10(17)14-8-5-16(11(12)13)15-7(8)2;1-12(2)6-7-4-3-5-8(10)9(7)11;1-2/h5-6,9,11H,3-4H2,1-2H3,(H,14,17);3-5H,6H2,1-2H3;1-2H3. The SMILES string of the molecule is CC.CN(C)Cc1cccc(F)c1F.Cc1nn(C(F)F)cc1NC(=O)C1CCC(C)O1. The number of hydrogen-bond donors (Lipinski definition) is 1. The van der Waals surface area contributed by atoms with Crippen LogP contribution in [0.25, 0.3) is 0 Å². The van der Waals surface area contributed by atoms with E-state index in [1.165, 1.54) is 6.07 Å². The zero-order valence-corrected chi connectivity index (χ0v) is 19.3. The monoisotopic (exact) mass is 460 g/mol. The Morgan fingerprint density at radius 3 is 2.44 bits per heavy atom.